The second-order valence-electron chi connectivity index (χ2n) is 12.1. The molecule has 8 heteroatoms. The molecule has 0 aromatic heterocycles. The fraction of sp³-hybridized carbons (Fsp3) is 0.562. The Morgan fingerprint density at radius 1 is 1.02 bits per heavy atom. The molecular formula is C32H42FN3O4. The van der Waals surface area contributed by atoms with Crippen molar-refractivity contribution in [3.63, 3.8) is 0 Å². The van der Waals surface area contributed by atoms with Crippen LogP contribution >= 0.6 is 0 Å². The number of nitrogens with zero attached hydrogens (tertiary/aromatic N) is 2. The number of hydrogen-bond acceptors (Lipinski definition) is 6. The highest BCUT2D eigenvalue weighted by Gasteiger charge is 2.58. The van der Waals surface area contributed by atoms with Crippen LogP contribution in [-0.4, -0.2) is 56.5 Å². The van der Waals surface area contributed by atoms with Gasteiger partial charge < -0.3 is 24.0 Å². The molecule has 0 radical (unpaired) electrons. The maximum Gasteiger partial charge on any atom is 0.197 e. The van der Waals surface area contributed by atoms with E-state index in [1.54, 1.807) is 18.9 Å². The summed E-state index contributed by atoms with van der Waals surface area (Å²) in [5.74, 6) is 0.562. The van der Waals surface area contributed by atoms with Crippen molar-refractivity contribution < 1.29 is 23.4 Å². The van der Waals surface area contributed by atoms with E-state index in [9.17, 15) is 4.79 Å². The van der Waals surface area contributed by atoms with Gasteiger partial charge >= 0.3 is 0 Å². The van der Waals surface area contributed by atoms with E-state index in [2.05, 4.69) is 25.7 Å². The number of halogens is 1. The molecule has 0 bridgehead atoms. The number of methoxy groups -OCH3 is 1. The molecule has 1 N–H and O–H groups in total. The molecule has 3 aliphatic rings. The van der Waals surface area contributed by atoms with Crippen LogP contribution in [0.5, 0.6) is 17.2 Å². The van der Waals surface area contributed by atoms with Crippen LogP contribution < -0.4 is 19.1 Å². The van der Waals surface area contributed by atoms with Crippen LogP contribution in [0.4, 0.5) is 10.1 Å². The summed E-state index contributed by atoms with van der Waals surface area (Å²) in [5, 5.41) is 9.00. The van der Waals surface area contributed by atoms with Gasteiger partial charge in [0.05, 0.1) is 43.7 Å². The van der Waals surface area contributed by atoms with Crippen molar-refractivity contribution in [2.75, 3.05) is 44.9 Å². The Balaban J connectivity index is 1.53. The minimum Gasteiger partial charge on any atom is -0.494 e. The smallest absolute Gasteiger partial charge is 0.197 e. The predicted octanol–water partition coefficient (Wildman–Crippen LogP) is 6.43. The lowest BCUT2D eigenvalue weighted by molar-refractivity contribution is 0.0943. The van der Waals surface area contributed by atoms with Gasteiger partial charge in [-0.2, -0.15) is 0 Å². The third kappa shape index (κ3) is 4.69. The van der Waals surface area contributed by atoms with Gasteiger partial charge in [-0.25, -0.2) is 4.39 Å². The lowest BCUT2D eigenvalue weighted by Gasteiger charge is -2.33. The van der Waals surface area contributed by atoms with Crippen molar-refractivity contribution in [3.8, 4) is 17.2 Å². The number of nitrogens with one attached hydrogen (secondary N) is 1. The SMILES string of the molecule is CCOc1cc2c(c(F)c1OCC)C(=N)N(CC(=O)c1cc(N3CCCCC3)c(OC)c(C(C)(C)C)c1)C21CC1. The van der Waals surface area contributed by atoms with Gasteiger partial charge in [-0.3, -0.25) is 10.2 Å². The van der Waals surface area contributed by atoms with E-state index in [0.29, 0.717) is 23.5 Å². The Hall–Kier alpha value is -3.29. The van der Waals surface area contributed by atoms with Crippen LogP contribution in [0.2, 0.25) is 0 Å². The lowest BCUT2D eigenvalue weighted by atomic mass is 9.84. The number of amidine groups is 1. The molecule has 1 saturated heterocycles. The molecule has 40 heavy (non-hydrogen) atoms. The minimum absolute atomic E-state index is 0.00373. The van der Waals surface area contributed by atoms with Gasteiger partial charge in [0.2, 0.25) is 0 Å². The summed E-state index contributed by atoms with van der Waals surface area (Å²) in [7, 11) is 1.70. The molecule has 1 saturated carbocycles. The summed E-state index contributed by atoms with van der Waals surface area (Å²) in [5.41, 5.74) is 2.66. The fourth-order valence-electron chi connectivity index (χ4n) is 6.28. The molecule has 2 aliphatic heterocycles. The summed E-state index contributed by atoms with van der Waals surface area (Å²) >= 11 is 0. The average Bonchev–Trinajstić information content (AvgIpc) is 3.70. The zero-order valence-corrected chi connectivity index (χ0v) is 24.7. The monoisotopic (exact) mass is 551 g/mol. The van der Waals surface area contributed by atoms with Crippen molar-refractivity contribution in [2.24, 2.45) is 0 Å². The number of piperidine rings is 1. The van der Waals surface area contributed by atoms with Gasteiger partial charge in [-0.15, -0.1) is 0 Å². The normalized spacial score (nSPS) is 17.7. The highest BCUT2D eigenvalue weighted by atomic mass is 19.1. The van der Waals surface area contributed by atoms with Crippen molar-refractivity contribution in [1.82, 2.24) is 4.90 Å². The Bertz CT molecular complexity index is 1320. The van der Waals surface area contributed by atoms with Crippen LogP contribution in [0, 0.1) is 11.2 Å². The van der Waals surface area contributed by atoms with E-state index in [4.69, 9.17) is 19.6 Å². The number of ketones is 1. The van der Waals surface area contributed by atoms with Gasteiger partial charge in [0.25, 0.3) is 0 Å². The van der Waals surface area contributed by atoms with Crippen LogP contribution in [0.15, 0.2) is 18.2 Å². The predicted molar refractivity (Wildman–Crippen MR) is 155 cm³/mol. The van der Waals surface area contributed by atoms with E-state index >= 15 is 4.39 Å². The fourth-order valence-corrected chi connectivity index (χ4v) is 6.28. The number of anilines is 1. The number of benzene rings is 2. The third-order valence-corrected chi connectivity index (χ3v) is 8.43. The summed E-state index contributed by atoms with van der Waals surface area (Å²) in [6.45, 7) is 12.5. The van der Waals surface area contributed by atoms with Gasteiger partial charge in [0.1, 0.15) is 11.6 Å². The Kier molecular flexibility index (Phi) is 7.48. The Morgan fingerprint density at radius 3 is 2.27 bits per heavy atom. The van der Waals surface area contributed by atoms with Gasteiger partial charge in [-0.05, 0) is 75.1 Å². The molecular weight excluding hydrogens is 509 g/mol. The molecule has 2 heterocycles. The van der Waals surface area contributed by atoms with E-state index < -0.39 is 11.4 Å². The first-order valence-corrected chi connectivity index (χ1v) is 14.6. The first-order valence-electron chi connectivity index (χ1n) is 14.6. The van der Waals surface area contributed by atoms with Crippen molar-refractivity contribution in [2.45, 2.75) is 77.7 Å². The zero-order chi connectivity index (χ0) is 28.8. The summed E-state index contributed by atoms with van der Waals surface area (Å²) in [4.78, 5) is 18.1. The molecule has 2 aromatic carbocycles. The molecule has 2 fully saturated rings. The van der Waals surface area contributed by atoms with E-state index in [-0.39, 0.29) is 41.5 Å². The second kappa shape index (κ2) is 10.6. The third-order valence-electron chi connectivity index (χ3n) is 8.43. The first-order chi connectivity index (χ1) is 19.1. The molecule has 0 amide bonds. The standard InChI is InChI=1S/C32H42FN3O4/c1-7-39-25-18-21-26(27(33)29(25)40-8-2)30(34)36(32(21)12-13-32)19-24(37)20-16-22(31(3,4)5)28(38-6)23(17-20)35-14-10-9-11-15-35/h16-18,34H,7-15,19H2,1-6H3. The number of Topliss-reactive ketones (excluding diaryl/α,β-unsaturated/α-hetero) is 1. The number of carbonyl (C=O) groups is 1. The molecule has 216 valence electrons. The van der Waals surface area contributed by atoms with Gasteiger partial charge in [-0.1, -0.05) is 20.8 Å². The average molecular weight is 552 g/mol. The van der Waals surface area contributed by atoms with Crippen molar-refractivity contribution in [1.29, 1.82) is 5.41 Å². The zero-order valence-electron chi connectivity index (χ0n) is 24.7. The molecule has 1 spiro atoms. The molecule has 5 rings (SSSR count). The van der Waals surface area contributed by atoms with E-state index in [1.165, 1.54) is 6.42 Å². The molecule has 1 aliphatic carbocycles. The van der Waals surface area contributed by atoms with Crippen LogP contribution in [0.3, 0.4) is 0 Å². The van der Waals surface area contributed by atoms with Crippen LogP contribution in [-0.2, 0) is 11.0 Å². The molecule has 0 unspecified atom stereocenters. The Morgan fingerprint density at radius 2 is 1.70 bits per heavy atom. The highest BCUT2D eigenvalue weighted by Crippen LogP contribution is 2.59. The number of ether oxygens (including phenoxy) is 3. The number of fused-ring (bicyclic) bond motifs is 2. The van der Waals surface area contributed by atoms with Crippen LogP contribution in [0.1, 0.15) is 93.8 Å². The maximum atomic E-state index is 15.8. The summed E-state index contributed by atoms with van der Waals surface area (Å²) in [6.07, 6.45) is 4.93. The molecule has 2 aromatic rings. The quantitative estimate of drug-likeness (QED) is 0.362. The molecule has 0 atom stereocenters. The largest absolute Gasteiger partial charge is 0.494 e. The lowest BCUT2D eigenvalue weighted by Crippen LogP contribution is -2.38. The number of hydrogen-bond donors (Lipinski definition) is 1. The maximum absolute atomic E-state index is 15.8. The first kappa shape index (κ1) is 28.2. The van der Waals surface area contributed by atoms with Gasteiger partial charge in [0.15, 0.2) is 23.1 Å². The summed E-state index contributed by atoms with van der Waals surface area (Å²) < 4.78 is 33.1. The minimum atomic E-state index is -0.583. The second-order valence-corrected chi connectivity index (χ2v) is 12.1. The van der Waals surface area contributed by atoms with Crippen molar-refractivity contribution in [3.05, 3.63) is 46.3 Å². The highest BCUT2D eigenvalue weighted by molar-refractivity contribution is 6.08. The topological polar surface area (TPSA) is 75.1 Å². The number of rotatable bonds is 9. The number of carbonyl (C=O) groups excluding carboxylic acids is 1. The van der Waals surface area contributed by atoms with Gasteiger partial charge in [0, 0.05) is 24.2 Å². The Labute approximate surface area is 237 Å². The summed E-state index contributed by atoms with van der Waals surface area (Å²) in [6, 6.07) is 5.72. The van der Waals surface area contributed by atoms with Crippen molar-refractivity contribution >= 4 is 17.3 Å². The van der Waals surface area contributed by atoms with E-state index in [1.807, 2.05) is 25.1 Å². The van der Waals surface area contributed by atoms with E-state index in [0.717, 1.165) is 55.8 Å². The van der Waals surface area contributed by atoms with Crippen LogP contribution in [0.25, 0.3) is 0 Å². The molecule has 7 nitrogen and oxygen atoms in total.